The highest BCUT2D eigenvalue weighted by molar-refractivity contribution is 7.91. The summed E-state index contributed by atoms with van der Waals surface area (Å²) in [5.74, 6) is 0.406. The molecule has 0 unspecified atom stereocenters. The van der Waals surface area contributed by atoms with Crippen LogP contribution in [0, 0.1) is 17.3 Å². The maximum Gasteiger partial charge on any atom is 0.227 e. The molecule has 1 aliphatic heterocycles. The minimum atomic E-state index is -3.07. The van der Waals surface area contributed by atoms with Crippen LogP contribution in [0.15, 0.2) is 35.9 Å². The van der Waals surface area contributed by atoms with E-state index >= 15 is 0 Å². The van der Waals surface area contributed by atoms with Crippen LogP contribution in [-0.4, -0.2) is 36.8 Å². The van der Waals surface area contributed by atoms with Crippen molar-refractivity contribution in [2.75, 3.05) is 11.5 Å². The molecule has 2 aliphatic rings. The zero-order chi connectivity index (χ0) is 20.0. The van der Waals surface area contributed by atoms with Crippen molar-refractivity contribution < 1.29 is 13.2 Å². The van der Waals surface area contributed by atoms with E-state index in [4.69, 9.17) is 11.6 Å². The lowest BCUT2D eigenvalue weighted by atomic mass is 10.1. The number of halogens is 1. The number of carbonyl (C=O) groups excluding carboxylic acids is 1. The summed E-state index contributed by atoms with van der Waals surface area (Å²) in [6, 6.07) is 7.16. The van der Waals surface area contributed by atoms with Crippen LogP contribution in [0.4, 0.5) is 0 Å². The Morgan fingerprint density at radius 2 is 1.89 bits per heavy atom. The Bertz CT molecular complexity index is 854. The normalized spacial score (nSPS) is 27.8. The van der Waals surface area contributed by atoms with Crippen LogP contribution in [0.25, 0.3) is 0 Å². The fraction of sp³-hybridized carbons (Fsp3) is 0.571. The Labute approximate surface area is 167 Å². The number of hydrogen-bond donors (Lipinski definition) is 0. The summed E-state index contributed by atoms with van der Waals surface area (Å²) in [6.45, 7) is 8.75. The number of hydrogen-bond acceptors (Lipinski definition) is 3. The lowest BCUT2D eigenvalue weighted by molar-refractivity contribution is -0.136. The van der Waals surface area contributed by atoms with Gasteiger partial charge in [-0.3, -0.25) is 4.79 Å². The molecule has 1 saturated carbocycles. The molecule has 4 nitrogen and oxygen atoms in total. The van der Waals surface area contributed by atoms with Gasteiger partial charge < -0.3 is 4.90 Å². The van der Waals surface area contributed by atoms with Gasteiger partial charge in [-0.1, -0.05) is 49.2 Å². The van der Waals surface area contributed by atoms with Gasteiger partial charge in [0.2, 0.25) is 5.91 Å². The molecule has 1 heterocycles. The SMILES string of the molecule is CC(C)=C[C@H]1[C@H](C(=O)N(Cc2ccc(Cl)cc2)[C@@H]2CCS(=O)(=O)C2)C1(C)C. The van der Waals surface area contributed by atoms with Gasteiger partial charge in [0.1, 0.15) is 0 Å². The van der Waals surface area contributed by atoms with Crippen LogP contribution < -0.4 is 0 Å². The summed E-state index contributed by atoms with van der Waals surface area (Å²) in [5, 5.41) is 0.645. The van der Waals surface area contributed by atoms with Crippen molar-refractivity contribution >= 4 is 27.3 Å². The van der Waals surface area contributed by atoms with Gasteiger partial charge in [0.15, 0.2) is 9.84 Å². The molecule has 1 saturated heterocycles. The van der Waals surface area contributed by atoms with Crippen LogP contribution in [0.3, 0.4) is 0 Å². The first-order valence-electron chi connectivity index (χ1n) is 9.41. The Kier molecular flexibility index (Phi) is 5.48. The van der Waals surface area contributed by atoms with Gasteiger partial charge >= 0.3 is 0 Å². The number of benzene rings is 1. The van der Waals surface area contributed by atoms with Crippen LogP contribution in [-0.2, 0) is 21.2 Å². The van der Waals surface area contributed by atoms with E-state index in [1.807, 2.05) is 26.0 Å². The van der Waals surface area contributed by atoms with E-state index in [2.05, 4.69) is 19.9 Å². The number of allylic oxidation sites excluding steroid dienone is 2. The third-order valence-corrected chi connectivity index (χ3v) is 7.89. The zero-order valence-electron chi connectivity index (χ0n) is 16.4. The largest absolute Gasteiger partial charge is 0.334 e. The second-order valence-electron chi connectivity index (χ2n) is 8.72. The monoisotopic (exact) mass is 409 g/mol. The molecular weight excluding hydrogens is 382 g/mol. The van der Waals surface area contributed by atoms with Gasteiger partial charge in [0, 0.05) is 17.6 Å². The van der Waals surface area contributed by atoms with Crippen LogP contribution in [0.1, 0.15) is 39.7 Å². The lowest BCUT2D eigenvalue weighted by Crippen LogP contribution is -2.42. The highest BCUT2D eigenvalue weighted by atomic mass is 35.5. The maximum absolute atomic E-state index is 13.5. The number of amides is 1. The predicted molar refractivity (Wildman–Crippen MR) is 109 cm³/mol. The van der Waals surface area contributed by atoms with Crippen molar-refractivity contribution in [2.45, 2.75) is 46.7 Å². The molecule has 1 aliphatic carbocycles. The molecule has 0 radical (unpaired) electrons. The average Bonchev–Trinajstić information content (AvgIpc) is 2.90. The molecular formula is C21H28ClNO3S. The summed E-state index contributed by atoms with van der Waals surface area (Å²) in [4.78, 5) is 15.3. The first kappa shape index (κ1) is 20.4. The molecule has 0 N–H and O–H groups in total. The molecule has 0 spiro atoms. The molecule has 3 atom stereocenters. The molecule has 1 amide bonds. The molecule has 0 bridgehead atoms. The van der Waals surface area contributed by atoms with E-state index in [0.29, 0.717) is 18.0 Å². The zero-order valence-corrected chi connectivity index (χ0v) is 18.0. The Hall–Kier alpha value is -1.33. The van der Waals surface area contributed by atoms with E-state index in [1.165, 1.54) is 5.57 Å². The summed E-state index contributed by atoms with van der Waals surface area (Å²) >= 11 is 5.97. The fourth-order valence-electron chi connectivity index (χ4n) is 4.19. The minimum absolute atomic E-state index is 0.0623. The van der Waals surface area contributed by atoms with E-state index in [1.54, 1.807) is 17.0 Å². The fourth-order valence-corrected chi connectivity index (χ4v) is 6.05. The number of nitrogens with zero attached hydrogens (tertiary/aromatic N) is 1. The van der Waals surface area contributed by atoms with Crippen molar-refractivity contribution in [1.82, 2.24) is 4.90 Å². The summed E-state index contributed by atoms with van der Waals surface area (Å²) in [5.41, 5.74) is 2.08. The van der Waals surface area contributed by atoms with E-state index in [0.717, 1.165) is 5.56 Å². The number of rotatable bonds is 5. The maximum atomic E-state index is 13.5. The minimum Gasteiger partial charge on any atom is -0.334 e. The topological polar surface area (TPSA) is 54.5 Å². The summed E-state index contributed by atoms with van der Waals surface area (Å²) in [6.07, 6.45) is 2.69. The number of carbonyl (C=O) groups is 1. The first-order valence-corrected chi connectivity index (χ1v) is 11.6. The summed E-state index contributed by atoms with van der Waals surface area (Å²) < 4.78 is 24.0. The van der Waals surface area contributed by atoms with E-state index < -0.39 is 9.84 Å². The Morgan fingerprint density at radius 1 is 1.26 bits per heavy atom. The standard InChI is InChI=1S/C21H28ClNO3S/c1-14(2)11-18-19(21(18,3)4)20(24)23(17-9-10-27(25,26)13-17)12-15-5-7-16(22)8-6-15/h5-8,11,17-19H,9-10,12-13H2,1-4H3/t17-,18+,19-/m1/s1. The Morgan fingerprint density at radius 3 is 2.41 bits per heavy atom. The van der Waals surface area contributed by atoms with Gasteiger partial charge in [0.05, 0.1) is 17.4 Å². The summed E-state index contributed by atoms with van der Waals surface area (Å²) in [7, 11) is -3.07. The highest BCUT2D eigenvalue weighted by Crippen LogP contribution is 2.60. The molecule has 148 valence electrons. The molecule has 3 rings (SSSR count). The van der Waals surface area contributed by atoms with Crippen molar-refractivity contribution in [1.29, 1.82) is 0 Å². The van der Waals surface area contributed by atoms with E-state index in [9.17, 15) is 13.2 Å². The van der Waals surface area contributed by atoms with Gasteiger partial charge in [-0.05, 0) is 49.3 Å². The third kappa shape index (κ3) is 4.40. The lowest BCUT2D eigenvalue weighted by Gasteiger charge is -2.29. The third-order valence-electron chi connectivity index (χ3n) is 5.89. The molecule has 27 heavy (non-hydrogen) atoms. The second kappa shape index (κ2) is 7.25. The van der Waals surface area contributed by atoms with Crippen LogP contribution in [0.5, 0.6) is 0 Å². The predicted octanol–water partition coefficient (Wildman–Crippen LogP) is 4.09. The second-order valence-corrected chi connectivity index (χ2v) is 11.4. The quantitative estimate of drug-likeness (QED) is 0.688. The van der Waals surface area contributed by atoms with Crippen LogP contribution in [0.2, 0.25) is 5.02 Å². The molecule has 6 heteroatoms. The van der Waals surface area contributed by atoms with Gasteiger partial charge in [0.25, 0.3) is 0 Å². The van der Waals surface area contributed by atoms with Crippen molar-refractivity contribution in [3.05, 3.63) is 46.5 Å². The van der Waals surface area contributed by atoms with Gasteiger partial charge in [-0.25, -0.2) is 8.42 Å². The molecule has 1 aromatic rings. The Balaban J connectivity index is 1.86. The molecule has 2 fully saturated rings. The smallest absolute Gasteiger partial charge is 0.227 e. The van der Waals surface area contributed by atoms with Gasteiger partial charge in [-0.15, -0.1) is 0 Å². The van der Waals surface area contributed by atoms with Crippen molar-refractivity contribution in [2.24, 2.45) is 17.3 Å². The highest BCUT2D eigenvalue weighted by Gasteiger charge is 2.61. The average molecular weight is 410 g/mol. The van der Waals surface area contributed by atoms with E-state index in [-0.39, 0.29) is 40.7 Å². The molecule has 0 aromatic heterocycles. The first-order chi connectivity index (χ1) is 12.5. The molecule has 1 aromatic carbocycles. The van der Waals surface area contributed by atoms with Gasteiger partial charge in [-0.2, -0.15) is 0 Å². The van der Waals surface area contributed by atoms with Crippen molar-refractivity contribution in [3.63, 3.8) is 0 Å². The van der Waals surface area contributed by atoms with Crippen molar-refractivity contribution in [3.8, 4) is 0 Å². The number of sulfone groups is 1. The van der Waals surface area contributed by atoms with Crippen LogP contribution >= 0.6 is 11.6 Å².